The number of rotatable bonds is 3. The number of carbonyl (C=O) groups excluding carboxylic acids is 1. The molecule has 1 aromatic carbocycles. The molecule has 1 aromatic rings. The van der Waals surface area contributed by atoms with Gasteiger partial charge >= 0.3 is 5.97 Å². The highest BCUT2D eigenvalue weighted by molar-refractivity contribution is 14.1. The lowest BCUT2D eigenvalue weighted by molar-refractivity contribution is -0.140. The van der Waals surface area contributed by atoms with E-state index in [1.807, 2.05) is 39.0 Å². The van der Waals surface area contributed by atoms with Crippen molar-refractivity contribution in [2.45, 2.75) is 20.8 Å². The van der Waals surface area contributed by atoms with E-state index >= 15 is 0 Å². The van der Waals surface area contributed by atoms with Crippen LogP contribution < -0.4 is 5.32 Å². The van der Waals surface area contributed by atoms with Gasteiger partial charge in [-0.3, -0.25) is 9.59 Å². The van der Waals surface area contributed by atoms with Gasteiger partial charge in [-0.1, -0.05) is 13.8 Å². The molecule has 1 amide bonds. The number of hydrogen-bond acceptors (Lipinski definition) is 2. The second-order valence-corrected chi connectivity index (χ2v) is 6.81. The molecule has 4 nitrogen and oxygen atoms in total. The van der Waals surface area contributed by atoms with E-state index in [1.54, 1.807) is 0 Å². The van der Waals surface area contributed by atoms with E-state index in [-0.39, 0.29) is 5.91 Å². The average molecular weight is 373 g/mol. The van der Waals surface area contributed by atoms with Crippen LogP contribution in [0.5, 0.6) is 0 Å². The predicted octanol–water partition coefficient (Wildman–Crippen LogP) is 2.89. The van der Waals surface area contributed by atoms with Gasteiger partial charge in [0, 0.05) is 9.26 Å². The Balaban J connectivity index is 2.13. The van der Waals surface area contributed by atoms with Crippen LogP contribution in [0.25, 0.3) is 0 Å². The molecule has 0 heterocycles. The summed E-state index contributed by atoms with van der Waals surface area (Å²) >= 11 is 2.21. The van der Waals surface area contributed by atoms with Gasteiger partial charge in [-0.15, -0.1) is 0 Å². The second-order valence-electron chi connectivity index (χ2n) is 5.56. The minimum absolute atomic E-state index is 0.207. The summed E-state index contributed by atoms with van der Waals surface area (Å²) in [5.41, 5.74) is 1.26. The Labute approximate surface area is 125 Å². The fraction of sp³-hybridized carbons (Fsp3) is 0.429. The predicted molar refractivity (Wildman–Crippen MR) is 80.9 cm³/mol. The van der Waals surface area contributed by atoms with E-state index in [9.17, 15) is 9.59 Å². The van der Waals surface area contributed by atoms with Gasteiger partial charge in [0.2, 0.25) is 5.91 Å². The van der Waals surface area contributed by atoms with Crippen LogP contribution in [-0.2, 0) is 9.59 Å². The van der Waals surface area contributed by atoms with Gasteiger partial charge < -0.3 is 10.4 Å². The lowest BCUT2D eigenvalue weighted by Crippen LogP contribution is -2.18. The quantitative estimate of drug-likeness (QED) is 0.801. The average Bonchev–Trinajstić information content (AvgIpc) is 2.86. The molecule has 0 unspecified atom stereocenters. The van der Waals surface area contributed by atoms with E-state index in [1.165, 1.54) is 0 Å². The zero-order valence-electron chi connectivity index (χ0n) is 11.0. The molecule has 1 aliphatic rings. The van der Waals surface area contributed by atoms with Gasteiger partial charge in [-0.05, 0) is 58.7 Å². The highest BCUT2D eigenvalue weighted by atomic mass is 127. The number of aliphatic carboxylic acids is 1. The monoisotopic (exact) mass is 373 g/mol. The molecule has 0 spiro atoms. The van der Waals surface area contributed by atoms with Crippen LogP contribution in [0.2, 0.25) is 0 Å². The van der Waals surface area contributed by atoms with E-state index in [4.69, 9.17) is 5.11 Å². The summed E-state index contributed by atoms with van der Waals surface area (Å²) in [6.07, 6.45) is 0. The lowest BCUT2D eigenvalue weighted by atomic mass is 10.1. The van der Waals surface area contributed by atoms with Gasteiger partial charge in [0.1, 0.15) is 0 Å². The third-order valence-electron chi connectivity index (χ3n) is 3.82. The molecule has 102 valence electrons. The highest BCUT2D eigenvalue weighted by Gasteiger charge is 2.65. The molecule has 1 fully saturated rings. The first-order chi connectivity index (χ1) is 8.75. The van der Waals surface area contributed by atoms with Crippen molar-refractivity contribution in [1.29, 1.82) is 0 Å². The smallest absolute Gasteiger partial charge is 0.307 e. The molecule has 2 atom stereocenters. The number of aryl methyl sites for hydroxylation is 1. The molecule has 5 heteroatoms. The maximum atomic E-state index is 12.2. The first-order valence-corrected chi connectivity index (χ1v) is 7.13. The van der Waals surface area contributed by atoms with E-state index in [2.05, 4.69) is 27.9 Å². The molecule has 0 bridgehead atoms. The number of anilines is 1. The third kappa shape index (κ3) is 2.61. The summed E-state index contributed by atoms with van der Waals surface area (Å²) < 4.78 is 1.10. The Kier molecular flexibility index (Phi) is 3.59. The van der Waals surface area contributed by atoms with Crippen LogP contribution in [0, 0.1) is 27.7 Å². The molecule has 0 radical (unpaired) electrons. The fourth-order valence-electron chi connectivity index (χ4n) is 2.57. The zero-order chi connectivity index (χ0) is 14.4. The van der Waals surface area contributed by atoms with Crippen LogP contribution in [-0.4, -0.2) is 17.0 Å². The third-order valence-corrected chi connectivity index (χ3v) is 4.49. The number of halogens is 1. The Morgan fingerprint density at radius 1 is 1.32 bits per heavy atom. The van der Waals surface area contributed by atoms with Gasteiger partial charge in [0.15, 0.2) is 0 Å². The van der Waals surface area contributed by atoms with Crippen molar-refractivity contribution < 1.29 is 14.7 Å². The van der Waals surface area contributed by atoms with Crippen molar-refractivity contribution in [3.05, 3.63) is 27.3 Å². The number of carbonyl (C=O) groups is 2. The van der Waals surface area contributed by atoms with Gasteiger partial charge in [0.05, 0.1) is 11.8 Å². The standard InChI is InChI=1S/C14H16INO3/c1-7-6-8(15)4-5-9(7)16-12(17)10-11(13(18)19)14(10,2)3/h4-6,10-11H,1-3H3,(H,16,17)(H,18,19)/t10-,11+/m1/s1. The largest absolute Gasteiger partial charge is 0.481 e. The molecular weight excluding hydrogens is 357 g/mol. The topological polar surface area (TPSA) is 66.4 Å². The van der Waals surface area contributed by atoms with Crippen LogP contribution >= 0.6 is 22.6 Å². The minimum Gasteiger partial charge on any atom is -0.481 e. The summed E-state index contributed by atoms with van der Waals surface area (Å²) in [6, 6.07) is 5.74. The molecule has 1 aliphatic carbocycles. The molecule has 2 N–H and O–H groups in total. The maximum absolute atomic E-state index is 12.2. The van der Waals surface area contributed by atoms with Gasteiger partial charge in [0.25, 0.3) is 0 Å². The summed E-state index contributed by atoms with van der Waals surface area (Å²) in [7, 11) is 0. The zero-order valence-corrected chi connectivity index (χ0v) is 13.2. The Bertz CT molecular complexity index is 554. The molecule has 0 aliphatic heterocycles. The summed E-state index contributed by atoms with van der Waals surface area (Å²) in [4.78, 5) is 23.2. The van der Waals surface area contributed by atoms with Crippen LogP contribution in [0.1, 0.15) is 19.4 Å². The maximum Gasteiger partial charge on any atom is 0.307 e. The van der Waals surface area contributed by atoms with Crippen LogP contribution in [0.3, 0.4) is 0 Å². The minimum atomic E-state index is -0.899. The van der Waals surface area contributed by atoms with Crippen LogP contribution in [0.4, 0.5) is 5.69 Å². The Morgan fingerprint density at radius 2 is 1.95 bits per heavy atom. The molecular formula is C14H16INO3. The fourth-order valence-corrected chi connectivity index (χ4v) is 3.21. The van der Waals surface area contributed by atoms with Crippen molar-refractivity contribution in [3.8, 4) is 0 Å². The summed E-state index contributed by atoms with van der Waals surface area (Å²) in [5.74, 6) is -2.15. The van der Waals surface area contributed by atoms with Crippen molar-refractivity contribution >= 4 is 40.2 Å². The molecule has 1 saturated carbocycles. The Morgan fingerprint density at radius 3 is 2.42 bits per heavy atom. The SMILES string of the molecule is Cc1cc(I)ccc1NC(=O)[C@H]1[C@@H](C(=O)O)C1(C)C. The number of nitrogens with one attached hydrogen (secondary N) is 1. The normalized spacial score (nSPS) is 23.8. The molecule has 19 heavy (non-hydrogen) atoms. The number of carboxylic acids is 1. The van der Waals surface area contributed by atoms with Crippen molar-refractivity contribution in [2.24, 2.45) is 17.3 Å². The second kappa shape index (κ2) is 4.77. The molecule has 0 aromatic heterocycles. The van der Waals surface area contributed by atoms with E-state index in [0.717, 1.165) is 14.8 Å². The lowest BCUT2D eigenvalue weighted by Gasteiger charge is -2.09. The molecule has 2 rings (SSSR count). The van der Waals surface area contributed by atoms with Gasteiger partial charge in [-0.2, -0.15) is 0 Å². The number of amides is 1. The highest BCUT2D eigenvalue weighted by Crippen LogP contribution is 2.58. The number of carboxylic acid groups (broad SMARTS) is 1. The number of benzene rings is 1. The van der Waals surface area contributed by atoms with Crippen molar-refractivity contribution in [1.82, 2.24) is 0 Å². The molecule has 0 saturated heterocycles. The van der Waals surface area contributed by atoms with E-state index in [0.29, 0.717) is 0 Å². The summed E-state index contributed by atoms with van der Waals surface area (Å²) in [5, 5.41) is 11.9. The van der Waals surface area contributed by atoms with Crippen molar-refractivity contribution in [3.63, 3.8) is 0 Å². The summed E-state index contributed by atoms with van der Waals surface area (Å²) in [6.45, 7) is 5.55. The van der Waals surface area contributed by atoms with E-state index < -0.39 is 23.2 Å². The first kappa shape index (κ1) is 14.3. The number of hydrogen-bond donors (Lipinski definition) is 2. The first-order valence-electron chi connectivity index (χ1n) is 6.05. The van der Waals surface area contributed by atoms with Gasteiger partial charge in [-0.25, -0.2) is 0 Å². The van der Waals surface area contributed by atoms with Crippen molar-refractivity contribution in [2.75, 3.05) is 5.32 Å². The van der Waals surface area contributed by atoms with Crippen LogP contribution in [0.15, 0.2) is 18.2 Å². The Hall–Kier alpha value is -1.11.